The van der Waals surface area contributed by atoms with Crippen LogP contribution in [-0.4, -0.2) is 28.2 Å². The number of benzene rings is 1. The number of imidazole rings is 1. The lowest BCUT2D eigenvalue weighted by atomic mass is 10.1. The highest BCUT2D eigenvalue weighted by Gasteiger charge is 2.26. The van der Waals surface area contributed by atoms with Crippen LogP contribution >= 0.6 is 0 Å². The van der Waals surface area contributed by atoms with E-state index in [9.17, 15) is 9.59 Å². The van der Waals surface area contributed by atoms with Gasteiger partial charge in [-0.05, 0) is 19.4 Å². The first-order valence-electron chi connectivity index (χ1n) is 8.61. The molecule has 142 valence electrons. The molecule has 0 N–H and O–H groups in total. The van der Waals surface area contributed by atoms with Crippen LogP contribution in [0.15, 0.2) is 47.5 Å². The molecule has 0 saturated heterocycles. The number of aromatic nitrogens is 2. The van der Waals surface area contributed by atoms with Gasteiger partial charge in [-0.3, -0.25) is 14.0 Å². The smallest absolute Gasteiger partial charge is 0.308 e. The van der Waals surface area contributed by atoms with Gasteiger partial charge >= 0.3 is 5.97 Å². The summed E-state index contributed by atoms with van der Waals surface area (Å²) in [5.74, 6) is -0.0718. The second kappa shape index (κ2) is 7.67. The van der Waals surface area contributed by atoms with E-state index in [2.05, 4.69) is 0 Å². The molecule has 0 atom stereocenters. The monoisotopic (exact) mass is 370 g/mol. The zero-order valence-electron chi connectivity index (χ0n) is 15.8. The van der Waals surface area contributed by atoms with Gasteiger partial charge in [0.05, 0.1) is 11.7 Å². The number of esters is 1. The van der Waals surface area contributed by atoms with Crippen molar-refractivity contribution < 1.29 is 19.0 Å². The maximum atomic E-state index is 13.3. The summed E-state index contributed by atoms with van der Waals surface area (Å²) >= 11 is 0. The predicted molar refractivity (Wildman–Crippen MR) is 101 cm³/mol. The van der Waals surface area contributed by atoms with Crippen LogP contribution in [0.2, 0.25) is 0 Å². The van der Waals surface area contributed by atoms with E-state index in [4.69, 9.17) is 14.2 Å². The van der Waals surface area contributed by atoms with Crippen LogP contribution in [0.4, 0.5) is 0 Å². The zero-order valence-corrected chi connectivity index (χ0v) is 15.8. The van der Waals surface area contributed by atoms with Crippen molar-refractivity contribution in [1.29, 1.82) is 0 Å². The molecule has 3 aromatic rings. The fourth-order valence-electron chi connectivity index (χ4n) is 2.95. The molecule has 3 rings (SSSR count). The van der Waals surface area contributed by atoms with Gasteiger partial charge in [0.1, 0.15) is 6.73 Å². The minimum atomic E-state index is -0.506. The number of ether oxygens (including phenoxy) is 3. The van der Waals surface area contributed by atoms with Crippen molar-refractivity contribution in [2.45, 2.75) is 33.6 Å². The summed E-state index contributed by atoms with van der Waals surface area (Å²) in [4.78, 5) is 25.1. The Kier molecular flexibility index (Phi) is 5.32. The molecular formula is C20H22N2O5. The molecule has 2 heterocycles. The van der Waals surface area contributed by atoms with Crippen LogP contribution in [0.3, 0.4) is 0 Å². The summed E-state index contributed by atoms with van der Waals surface area (Å²) in [6.45, 7) is 5.20. The number of methoxy groups -OCH3 is 1. The Balaban J connectivity index is 2.45. The Labute approximate surface area is 156 Å². The summed E-state index contributed by atoms with van der Waals surface area (Å²) < 4.78 is 19.8. The molecule has 0 saturated carbocycles. The van der Waals surface area contributed by atoms with Gasteiger partial charge in [0.25, 0.3) is 5.56 Å². The third-order valence-electron chi connectivity index (χ3n) is 3.89. The maximum absolute atomic E-state index is 13.3. The van der Waals surface area contributed by atoms with E-state index < -0.39 is 5.97 Å². The topological polar surface area (TPSA) is 71.2 Å². The molecule has 0 unspecified atom stereocenters. The molecule has 27 heavy (non-hydrogen) atoms. The zero-order chi connectivity index (χ0) is 19.6. The fourth-order valence-corrected chi connectivity index (χ4v) is 2.95. The highest BCUT2D eigenvalue weighted by Crippen LogP contribution is 2.40. The molecule has 0 aliphatic rings. The van der Waals surface area contributed by atoms with Gasteiger partial charge in [0.2, 0.25) is 5.75 Å². The largest absolute Gasteiger partial charge is 0.486 e. The lowest BCUT2D eigenvalue weighted by Gasteiger charge is -2.19. The number of nitrogens with zero attached hydrogens (tertiary/aromatic N) is 2. The molecule has 0 aliphatic heterocycles. The quantitative estimate of drug-likeness (QED) is 0.624. The van der Waals surface area contributed by atoms with Crippen LogP contribution in [-0.2, 0) is 16.3 Å². The van der Waals surface area contributed by atoms with Gasteiger partial charge in [-0.1, -0.05) is 30.3 Å². The Morgan fingerprint density at radius 2 is 1.81 bits per heavy atom. The van der Waals surface area contributed by atoms with Crippen molar-refractivity contribution in [3.63, 3.8) is 0 Å². The molecule has 0 radical (unpaired) electrons. The molecule has 7 heteroatoms. The summed E-state index contributed by atoms with van der Waals surface area (Å²) in [6.07, 6.45) is 3.09. The van der Waals surface area contributed by atoms with Crippen LogP contribution in [0.1, 0.15) is 20.8 Å². The minimum absolute atomic E-state index is 0.190. The molecule has 0 bridgehead atoms. The van der Waals surface area contributed by atoms with Gasteiger partial charge < -0.3 is 18.8 Å². The van der Waals surface area contributed by atoms with Gasteiger partial charge in [-0.2, -0.15) is 0 Å². The number of hydrogen-bond donors (Lipinski definition) is 0. The lowest BCUT2D eigenvalue weighted by molar-refractivity contribution is -0.132. The van der Waals surface area contributed by atoms with Crippen molar-refractivity contribution in [2.75, 3.05) is 7.11 Å². The average Bonchev–Trinajstić information content (AvgIpc) is 3.03. The lowest BCUT2D eigenvalue weighted by Crippen LogP contribution is -2.21. The van der Waals surface area contributed by atoms with E-state index in [1.807, 2.05) is 44.2 Å². The first kappa shape index (κ1) is 18.7. The van der Waals surface area contributed by atoms with Crippen molar-refractivity contribution >= 4 is 11.6 Å². The third-order valence-corrected chi connectivity index (χ3v) is 3.89. The Morgan fingerprint density at radius 1 is 1.11 bits per heavy atom. The Bertz CT molecular complexity index is 1020. The molecule has 0 aliphatic carbocycles. The van der Waals surface area contributed by atoms with Gasteiger partial charge in [0, 0.05) is 26.4 Å². The van der Waals surface area contributed by atoms with Crippen molar-refractivity contribution in [3.8, 4) is 22.6 Å². The molecule has 2 aromatic heterocycles. The Hall–Kier alpha value is -3.06. The normalized spacial score (nSPS) is 11.1. The van der Waals surface area contributed by atoms with Crippen molar-refractivity contribution in [2.24, 2.45) is 0 Å². The molecule has 0 spiro atoms. The van der Waals surface area contributed by atoms with Crippen LogP contribution in [0.25, 0.3) is 16.8 Å². The van der Waals surface area contributed by atoms with Crippen LogP contribution in [0.5, 0.6) is 11.5 Å². The van der Waals surface area contributed by atoms with E-state index in [0.29, 0.717) is 16.8 Å². The van der Waals surface area contributed by atoms with E-state index in [0.717, 1.165) is 0 Å². The number of fused-ring (bicyclic) bond motifs is 1. The number of rotatable bonds is 6. The molecule has 0 fully saturated rings. The summed E-state index contributed by atoms with van der Waals surface area (Å²) in [6, 6.07) is 9.18. The van der Waals surface area contributed by atoms with Gasteiger partial charge in [0.15, 0.2) is 11.4 Å². The third kappa shape index (κ3) is 3.59. The average molecular weight is 370 g/mol. The van der Waals surface area contributed by atoms with Gasteiger partial charge in [-0.15, -0.1) is 0 Å². The summed E-state index contributed by atoms with van der Waals surface area (Å²) in [5, 5.41) is 0. The van der Waals surface area contributed by atoms with Gasteiger partial charge in [-0.25, -0.2) is 0 Å². The Morgan fingerprint density at radius 3 is 2.41 bits per heavy atom. The van der Waals surface area contributed by atoms with E-state index in [-0.39, 0.29) is 29.9 Å². The minimum Gasteiger partial charge on any atom is -0.486 e. The fraction of sp³-hybridized carbons (Fsp3) is 0.300. The summed E-state index contributed by atoms with van der Waals surface area (Å²) in [5.41, 5.74) is 1.15. The molecule has 0 amide bonds. The number of hydrogen-bond acceptors (Lipinski definition) is 5. The maximum Gasteiger partial charge on any atom is 0.308 e. The van der Waals surface area contributed by atoms with Crippen molar-refractivity contribution in [3.05, 3.63) is 53.1 Å². The number of pyridine rings is 1. The predicted octanol–water partition coefficient (Wildman–Crippen LogP) is 3.08. The first-order valence-corrected chi connectivity index (χ1v) is 8.61. The highest BCUT2D eigenvalue weighted by molar-refractivity contribution is 5.82. The standard InChI is InChI=1S/C20H22N2O5/c1-13(2)26-17-16(15-8-6-5-7-9-15)20(24)22-11-10-21(12-25-4)19(22)18(17)27-14(3)23/h5-11,13H,12H2,1-4H3. The number of carbonyl (C=O) groups excluding carboxylic acids is 1. The molecular weight excluding hydrogens is 348 g/mol. The SMILES string of the molecule is COCn1ccn2c(=O)c(-c3ccccc3)c(OC(C)C)c(OC(C)=O)c12. The molecule has 7 nitrogen and oxygen atoms in total. The number of carbonyl (C=O) groups is 1. The summed E-state index contributed by atoms with van der Waals surface area (Å²) in [7, 11) is 1.55. The first-order chi connectivity index (χ1) is 12.9. The van der Waals surface area contributed by atoms with E-state index in [1.54, 1.807) is 24.1 Å². The van der Waals surface area contributed by atoms with E-state index >= 15 is 0 Å². The van der Waals surface area contributed by atoms with E-state index in [1.165, 1.54) is 11.3 Å². The molecule has 1 aromatic carbocycles. The van der Waals surface area contributed by atoms with Crippen LogP contribution < -0.4 is 15.0 Å². The highest BCUT2D eigenvalue weighted by atomic mass is 16.6. The van der Waals surface area contributed by atoms with Crippen LogP contribution in [0, 0.1) is 0 Å². The van der Waals surface area contributed by atoms with Crippen molar-refractivity contribution in [1.82, 2.24) is 8.97 Å². The second-order valence-corrected chi connectivity index (χ2v) is 6.34. The second-order valence-electron chi connectivity index (χ2n) is 6.34.